The number of benzene rings is 1. The number of carboxylic acids is 1. The van der Waals surface area contributed by atoms with Crippen LogP contribution in [-0.4, -0.2) is 74.8 Å². The average molecular weight is 624 g/mol. The van der Waals surface area contributed by atoms with Crippen LogP contribution in [0.25, 0.3) is 10.9 Å². The highest BCUT2D eigenvalue weighted by molar-refractivity contribution is 5.96. The minimum Gasteiger partial charge on any atom is -0.481 e. The van der Waals surface area contributed by atoms with Crippen molar-refractivity contribution in [3.05, 3.63) is 54.2 Å². The maximum absolute atomic E-state index is 13.8. The molecule has 3 rings (SSSR count). The standard InChI is InChI=1S/C32H45N7O6/c1-3-4-5-6-7-8-9-14-28(40)37-25(15-21-18-35-24-13-11-10-12-23(21)24)31(44)38-26(16-22-19-34-20-36-22)32(45)39-27(17-29(41)42)30(43)33-2/h10-13,18-20,25-27,35H,3-9,14-17H2,1-2H3,(H,33,43)(H,34,36)(H,37,40)(H,38,44)(H,39,45)(H,41,42). The number of H-pyrrole nitrogens is 2. The number of rotatable bonds is 20. The van der Waals surface area contributed by atoms with Crippen LogP contribution in [-0.2, 0) is 36.8 Å². The van der Waals surface area contributed by atoms with Crippen LogP contribution in [0, 0.1) is 0 Å². The van der Waals surface area contributed by atoms with E-state index in [9.17, 15) is 29.1 Å². The summed E-state index contributed by atoms with van der Waals surface area (Å²) in [5.41, 5.74) is 2.23. The molecular weight excluding hydrogens is 578 g/mol. The van der Waals surface area contributed by atoms with Crippen molar-refractivity contribution in [3.63, 3.8) is 0 Å². The highest BCUT2D eigenvalue weighted by Crippen LogP contribution is 2.19. The monoisotopic (exact) mass is 623 g/mol. The zero-order valence-electron chi connectivity index (χ0n) is 26.0. The van der Waals surface area contributed by atoms with Gasteiger partial charge in [-0.05, 0) is 18.1 Å². The van der Waals surface area contributed by atoms with Gasteiger partial charge in [0.05, 0.1) is 12.7 Å². The molecule has 13 nitrogen and oxygen atoms in total. The molecule has 45 heavy (non-hydrogen) atoms. The summed E-state index contributed by atoms with van der Waals surface area (Å²) in [6, 6.07) is 4.05. The number of carbonyl (C=O) groups is 5. The molecule has 1 aromatic carbocycles. The van der Waals surface area contributed by atoms with Crippen molar-refractivity contribution in [3.8, 4) is 0 Å². The van der Waals surface area contributed by atoms with E-state index in [2.05, 4.69) is 43.1 Å². The molecule has 0 bridgehead atoms. The van der Waals surface area contributed by atoms with Crippen molar-refractivity contribution in [1.29, 1.82) is 0 Å². The van der Waals surface area contributed by atoms with Crippen LogP contribution in [0.3, 0.4) is 0 Å². The van der Waals surface area contributed by atoms with Crippen LogP contribution in [0.4, 0.5) is 0 Å². The Morgan fingerprint density at radius 2 is 1.49 bits per heavy atom. The Labute approximate surface area is 262 Å². The van der Waals surface area contributed by atoms with E-state index in [1.807, 2.05) is 24.3 Å². The van der Waals surface area contributed by atoms with Crippen LogP contribution in [0.15, 0.2) is 43.0 Å². The smallest absolute Gasteiger partial charge is 0.305 e. The van der Waals surface area contributed by atoms with Gasteiger partial charge in [-0.15, -0.1) is 0 Å². The van der Waals surface area contributed by atoms with Crippen LogP contribution in [0.1, 0.15) is 76.0 Å². The van der Waals surface area contributed by atoms with Crippen molar-refractivity contribution in [1.82, 2.24) is 36.2 Å². The van der Waals surface area contributed by atoms with Gasteiger partial charge in [-0.3, -0.25) is 24.0 Å². The molecule has 0 aliphatic heterocycles. The molecule has 3 atom stereocenters. The third-order valence-electron chi connectivity index (χ3n) is 7.63. The fraction of sp³-hybridized carbons (Fsp3) is 0.500. The molecule has 0 spiro atoms. The first kappa shape index (κ1) is 34.8. The molecule has 0 aliphatic carbocycles. The second-order valence-electron chi connectivity index (χ2n) is 11.2. The van der Waals surface area contributed by atoms with Crippen molar-refractivity contribution in [2.45, 2.75) is 95.7 Å². The molecule has 0 saturated heterocycles. The number of para-hydroxylation sites is 1. The van der Waals surface area contributed by atoms with Gasteiger partial charge in [0.2, 0.25) is 23.6 Å². The number of nitrogens with one attached hydrogen (secondary N) is 6. The van der Waals surface area contributed by atoms with E-state index in [4.69, 9.17) is 0 Å². The van der Waals surface area contributed by atoms with Gasteiger partial charge in [-0.25, -0.2) is 4.98 Å². The summed E-state index contributed by atoms with van der Waals surface area (Å²) in [4.78, 5) is 73.9. The minimum absolute atomic E-state index is 0.0170. The van der Waals surface area contributed by atoms with Crippen LogP contribution in [0.2, 0.25) is 0 Å². The van der Waals surface area contributed by atoms with Gasteiger partial charge in [0.25, 0.3) is 0 Å². The van der Waals surface area contributed by atoms with Gasteiger partial charge in [-0.1, -0.05) is 63.6 Å². The number of nitrogens with zero attached hydrogens (tertiary/aromatic N) is 1. The molecule has 3 aromatic rings. The van der Waals surface area contributed by atoms with Crippen molar-refractivity contribution in [2.75, 3.05) is 7.05 Å². The largest absolute Gasteiger partial charge is 0.481 e. The summed E-state index contributed by atoms with van der Waals surface area (Å²) in [5, 5.41) is 20.6. The third kappa shape index (κ3) is 11.4. The molecule has 2 heterocycles. The summed E-state index contributed by atoms with van der Waals surface area (Å²) in [6.45, 7) is 2.17. The molecule has 4 amide bonds. The Morgan fingerprint density at radius 1 is 0.822 bits per heavy atom. The molecule has 0 saturated carbocycles. The van der Waals surface area contributed by atoms with Crippen molar-refractivity contribution < 1.29 is 29.1 Å². The highest BCUT2D eigenvalue weighted by Gasteiger charge is 2.31. The maximum Gasteiger partial charge on any atom is 0.305 e. The van der Waals surface area contributed by atoms with E-state index in [1.165, 1.54) is 38.8 Å². The molecule has 0 aliphatic rings. The summed E-state index contributed by atoms with van der Waals surface area (Å²) in [5.74, 6) is -3.58. The van der Waals surface area contributed by atoms with Crippen molar-refractivity contribution >= 4 is 40.5 Å². The van der Waals surface area contributed by atoms with Crippen LogP contribution >= 0.6 is 0 Å². The first-order valence-electron chi connectivity index (χ1n) is 15.6. The van der Waals surface area contributed by atoms with Crippen LogP contribution < -0.4 is 21.3 Å². The second kappa shape index (κ2) is 18.2. The lowest BCUT2D eigenvalue weighted by atomic mass is 10.0. The number of amides is 4. The van der Waals surface area contributed by atoms with E-state index >= 15 is 0 Å². The Hall–Kier alpha value is -4.68. The third-order valence-corrected chi connectivity index (χ3v) is 7.63. The fourth-order valence-corrected chi connectivity index (χ4v) is 5.17. The Morgan fingerprint density at radius 3 is 2.16 bits per heavy atom. The summed E-state index contributed by atoms with van der Waals surface area (Å²) in [7, 11) is 1.33. The lowest BCUT2D eigenvalue weighted by Gasteiger charge is -2.24. The number of aliphatic carboxylic acids is 1. The van der Waals surface area contributed by atoms with E-state index < -0.39 is 48.2 Å². The first-order chi connectivity index (χ1) is 21.7. The molecule has 244 valence electrons. The zero-order valence-corrected chi connectivity index (χ0v) is 26.0. The summed E-state index contributed by atoms with van der Waals surface area (Å²) < 4.78 is 0. The zero-order chi connectivity index (χ0) is 32.6. The fourth-order valence-electron chi connectivity index (χ4n) is 5.17. The van der Waals surface area contributed by atoms with E-state index in [0.29, 0.717) is 12.1 Å². The number of likely N-dealkylation sites (N-methyl/N-ethyl adjacent to an activating group) is 1. The predicted molar refractivity (Wildman–Crippen MR) is 169 cm³/mol. The number of unbranched alkanes of at least 4 members (excludes halogenated alkanes) is 6. The number of hydrogen-bond acceptors (Lipinski definition) is 6. The van der Waals surface area contributed by atoms with Gasteiger partial charge in [0, 0.05) is 55.3 Å². The lowest BCUT2D eigenvalue weighted by Crippen LogP contribution is -2.57. The van der Waals surface area contributed by atoms with Gasteiger partial charge in [0.15, 0.2) is 0 Å². The van der Waals surface area contributed by atoms with E-state index in [0.717, 1.165) is 35.7 Å². The normalized spacial score (nSPS) is 13.0. The predicted octanol–water partition coefficient (Wildman–Crippen LogP) is 2.49. The Balaban J connectivity index is 1.77. The topological polar surface area (TPSA) is 198 Å². The van der Waals surface area contributed by atoms with E-state index in [1.54, 1.807) is 6.20 Å². The van der Waals surface area contributed by atoms with Gasteiger partial charge >= 0.3 is 5.97 Å². The molecule has 3 unspecified atom stereocenters. The molecule has 0 radical (unpaired) electrons. The van der Waals surface area contributed by atoms with Gasteiger partial charge in [0.1, 0.15) is 18.1 Å². The number of aromatic amines is 2. The highest BCUT2D eigenvalue weighted by atomic mass is 16.4. The summed E-state index contributed by atoms with van der Waals surface area (Å²) in [6.07, 6.45) is 11.9. The summed E-state index contributed by atoms with van der Waals surface area (Å²) >= 11 is 0. The van der Waals surface area contributed by atoms with Crippen molar-refractivity contribution in [2.24, 2.45) is 0 Å². The molecular formula is C32H45N7O6. The number of carboxylic acid groups (broad SMARTS) is 1. The van der Waals surface area contributed by atoms with E-state index in [-0.39, 0.29) is 25.2 Å². The molecule has 13 heteroatoms. The quantitative estimate of drug-likeness (QED) is 0.0938. The number of fused-ring (bicyclic) bond motifs is 1. The number of hydrogen-bond donors (Lipinski definition) is 7. The first-order valence-corrected chi connectivity index (χ1v) is 15.6. The second-order valence-corrected chi connectivity index (χ2v) is 11.2. The van der Waals surface area contributed by atoms with Gasteiger partial charge < -0.3 is 36.3 Å². The Bertz CT molecular complexity index is 1400. The molecule has 0 fully saturated rings. The van der Waals surface area contributed by atoms with Crippen LogP contribution in [0.5, 0.6) is 0 Å². The molecule has 7 N–H and O–H groups in total. The lowest BCUT2D eigenvalue weighted by molar-refractivity contribution is -0.141. The number of carbonyl (C=O) groups excluding carboxylic acids is 4. The maximum atomic E-state index is 13.8. The number of imidazole rings is 1. The minimum atomic E-state index is -1.36. The Kier molecular flexibility index (Phi) is 14.1. The molecule has 2 aromatic heterocycles. The number of aromatic nitrogens is 3. The average Bonchev–Trinajstić information content (AvgIpc) is 3.69. The SMILES string of the molecule is CCCCCCCCCC(=O)NC(Cc1c[nH]c2ccccc12)C(=O)NC(Cc1cnc[nH]1)C(=O)NC(CC(=O)O)C(=O)NC. The van der Waals surface area contributed by atoms with Gasteiger partial charge in [-0.2, -0.15) is 0 Å².